The lowest BCUT2D eigenvalue weighted by atomic mass is 9.79. The summed E-state index contributed by atoms with van der Waals surface area (Å²) in [6, 6.07) is 12.1. The van der Waals surface area contributed by atoms with Crippen LogP contribution in [0.1, 0.15) is 29.5 Å². The SMILES string of the molecule is NC(=O)C1(NC(=O)Cc2ccc(C(F)(F)F)cc2)C=C2c3ccccc3NC2CC1. The molecule has 156 valence electrons. The van der Waals surface area contributed by atoms with Gasteiger partial charge in [-0.05, 0) is 48.3 Å². The minimum Gasteiger partial charge on any atom is -0.378 e. The first kappa shape index (κ1) is 20.0. The van der Waals surface area contributed by atoms with Crippen LogP contribution in [0.4, 0.5) is 18.9 Å². The van der Waals surface area contributed by atoms with Crippen molar-refractivity contribution in [2.24, 2.45) is 5.73 Å². The van der Waals surface area contributed by atoms with Gasteiger partial charge in [0.15, 0.2) is 0 Å². The summed E-state index contributed by atoms with van der Waals surface area (Å²) in [6.45, 7) is 0. The molecule has 2 amide bonds. The first-order chi connectivity index (χ1) is 14.2. The molecule has 0 saturated heterocycles. The molecular formula is C22H20F3N3O2. The van der Waals surface area contributed by atoms with Crippen molar-refractivity contribution < 1.29 is 22.8 Å². The molecule has 4 N–H and O–H groups in total. The number of fused-ring (bicyclic) bond motifs is 3. The van der Waals surface area contributed by atoms with E-state index in [2.05, 4.69) is 10.6 Å². The highest BCUT2D eigenvalue weighted by atomic mass is 19.4. The van der Waals surface area contributed by atoms with Crippen molar-refractivity contribution in [3.8, 4) is 0 Å². The van der Waals surface area contributed by atoms with E-state index in [1.807, 2.05) is 24.3 Å². The maximum atomic E-state index is 12.7. The lowest BCUT2D eigenvalue weighted by Gasteiger charge is -2.35. The number of halogens is 3. The topological polar surface area (TPSA) is 84.2 Å². The molecule has 30 heavy (non-hydrogen) atoms. The Morgan fingerprint density at radius 1 is 1.13 bits per heavy atom. The molecule has 2 aliphatic rings. The number of nitrogens with two attached hydrogens (primary N) is 1. The number of primary amides is 1. The Balaban J connectivity index is 1.55. The monoisotopic (exact) mass is 415 g/mol. The Hall–Kier alpha value is -3.29. The molecule has 4 rings (SSSR count). The second-order valence-electron chi connectivity index (χ2n) is 7.64. The molecule has 0 radical (unpaired) electrons. The van der Waals surface area contributed by atoms with Gasteiger partial charge in [0.2, 0.25) is 11.8 Å². The van der Waals surface area contributed by atoms with E-state index in [1.165, 1.54) is 12.1 Å². The zero-order valence-electron chi connectivity index (χ0n) is 15.9. The normalized spacial score (nSPS) is 22.4. The summed E-state index contributed by atoms with van der Waals surface area (Å²) >= 11 is 0. The Kier molecular flexibility index (Phi) is 4.80. The van der Waals surface area contributed by atoms with Crippen LogP contribution in [0.2, 0.25) is 0 Å². The highest BCUT2D eigenvalue weighted by Gasteiger charge is 2.43. The van der Waals surface area contributed by atoms with Gasteiger partial charge in [-0.15, -0.1) is 0 Å². The average molecular weight is 415 g/mol. The van der Waals surface area contributed by atoms with Gasteiger partial charge in [-0.2, -0.15) is 13.2 Å². The van der Waals surface area contributed by atoms with E-state index in [0.717, 1.165) is 29.0 Å². The molecular weight excluding hydrogens is 395 g/mol. The van der Waals surface area contributed by atoms with E-state index in [4.69, 9.17) is 5.73 Å². The van der Waals surface area contributed by atoms with Gasteiger partial charge in [0, 0.05) is 11.3 Å². The summed E-state index contributed by atoms with van der Waals surface area (Å²) < 4.78 is 38.1. The van der Waals surface area contributed by atoms with Crippen molar-refractivity contribution in [2.75, 3.05) is 5.32 Å². The highest BCUT2D eigenvalue weighted by molar-refractivity contribution is 5.98. The predicted octanol–water partition coefficient (Wildman–Crippen LogP) is 3.26. The second-order valence-corrected chi connectivity index (χ2v) is 7.64. The van der Waals surface area contributed by atoms with Gasteiger partial charge < -0.3 is 16.4 Å². The van der Waals surface area contributed by atoms with E-state index in [9.17, 15) is 22.8 Å². The summed E-state index contributed by atoms with van der Waals surface area (Å²) in [6.07, 6.45) is -1.95. The van der Waals surface area contributed by atoms with Gasteiger partial charge in [-0.1, -0.05) is 30.3 Å². The number of nitrogens with one attached hydrogen (secondary N) is 2. The Morgan fingerprint density at radius 3 is 2.50 bits per heavy atom. The molecule has 2 unspecified atom stereocenters. The Labute approximate surface area is 171 Å². The van der Waals surface area contributed by atoms with Crippen LogP contribution < -0.4 is 16.4 Å². The first-order valence-electron chi connectivity index (χ1n) is 9.54. The largest absolute Gasteiger partial charge is 0.416 e. The maximum Gasteiger partial charge on any atom is 0.416 e. The van der Waals surface area contributed by atoms with Crippen molar-refractivity contribution in [2.45, 2.75) is 37.0 Å². The minimum absolute atomic E-state index is 0.0432. The van der Waals surface area contributed by atoms with Crippen molar-refractivity contribution >= 4 is 23.1 Å². The van der Waals surface area contributed by atoms with Gasteiger partial charge in [0.05, 0.1) is 18.0 Å². The van der Waals surface area contributed by atoms with Crippen LogP contribution in [0.15, 0.2) is 54.6 Å². The van der Waals surface area contributed by atoms with Crippen molar-refractivity contribution in [3.63, 3.8) is 0 Å². The van der Waals surface area contributed by atoms with Gasteiger partial charge >= 0.3 is 6.18 Å². The standard InChI is InChI=1S/C22H20F3N3O2/c23-22(24,25)14-7-5-13(6-8-14)11-19(29)28-21(20(26)30)10-9-18-16(12-21)15-3-1-2-4-17(15)27-18/h1-8,12,18,27H,9-11H2,(H2,26,30)(H,28,29). The summed E-state index contributed by atoms with van der Waals surface area (Å²) in [4.78, 5) is 25.0. The molecule has 5 nitrogen and oxygen atoms in total. The number of benzene rings is 2. The van der Waals surface area contributed by atoms with Gasteiger partial charge in [0.1, 0.15) is 5.54 Å². The molecule has 2 atom stereocenters. The molecule has 1 aliphatic heterocycles. The van der Waals surface area contributed by atoms with Crippen LogP contribution in [0.25, 0.3) is 5.57 Å². The fraction of sp³-hybridized carbons (Fsp3) is 0.273. The Bertz CT molecular complexity index is 1030. The summed E-state index contributed by atoms with van der Waals surface area (Å²) in [5.74, 6) is -1.15. The van der Waals surface area contributed by atoms with E-state index in [-0.39, 0.29) is 12.5 Å². The van der Waals surface area contributed by atoms with Crippen LogP contribution >= 0.6 is 0 Å². The lowest BCUT2D eigenvalue weighted by molar-refractivity contribution is -0.137. The van der Waals surface area contributed by atoms with Crippen molar-refractivity contribution in [1.82, 2.24) is 5.32 Å². The van der Waals surface area contributed by atoms with Gasteiger partial charge in [0.25, 0.3) is 0 Å². The quantitative estimate of drug-likeness (QED) is 0.717. The van der Waals surface area contributed by atoms with Gasteiger partial charge in [-0.3, -0.25) is 9.59 Å². The smallest absolute Gasteiger partial charge is 0.378 e. The fourth-order valence-electron chi connectivity index (χ4n) is 4.07. The van der Waals surface area contributed by atoms with Crippen molar-refractivity contribution in [1.29, 1.82) is 0 Å². The number of para-hydroxylation sites is 1. The predicted molar refractivity (Wildman–Crippen MR) is 106 cm³/mol. The third-order valence-electron chi connectivity index (χ3n) is 5.62. The summed E-state index contributed by atoms with van der Waals surface area (Å²) in [5, 5.41) is 6.13. The van der Waals surface area contributed by atoms with Crippen LogP contribution in [0.5, 0.6) is 0 Å². The molecule has 0 bridgehead atoms. The molecule has 0 fully saturated rings. The average Bonchev–Trinajstić information content (AvgIpc) is 3.05. The van der Waals surface area contributed by atoms with E-state index in [0.29, 0.717) is 18.4 Å². The van der Waals surface area contributed by atoms with Crippen molar-refractivity contribution in [3.05, 3.63) is 71.3 Å². The summed E-state index contributed by atoms with van der Waals surface area (Å²) in [5.41, 5.74) is 6.79. The van der Waals surface area contributed by atoms with Crippen LogP contribution in [-0.4, -0.2) is 23.4 Å². The Morgan fingerprint density at radius 2 is 1.83 bits per heavy atom. The molecule has 1 heterocycles. The zero-order chi connectivity index (χ0) is 21.5. The molecule has 2 aromatic rings. The maximum absolute atomic E-state index is 12.7. The van der Waals surface area contributed by atoms with E-state index >= 15 is 0 Å². The van der Waals surface area contributed by atoms with Crippen LogP contribution in [0, 0.1) is 0 Å². The molecule has 0 aromatic heterocycles. The third kappa shape index (κ3) is 3.65. The fourth-order valence-corrected chi connectivity index (χ4v) is 4.07. The number of alkyl halides is 3. The van der Waals surface area contributed by atoms with Crippen LogP contribution in [-0.2, 0) is 22.2 Å². The number of anilines is 1. The van der Waals surface area contributed by atoms with Gasteiger partial charge in [-0.25, -0.2) is 0 Å². The first-order valence-corrected chi connectivity index (χ1v) is 9.54. The van der Waals surface area contributed by atoms with E-state index < -0.39 is 29.1 Å². The molecule has 8 heteroatoms. The third-order valence-corrected chi connectivity index (χ3v) is 5.62. The van der Waals surface area contributed by atoms with E-state index in [1.54, 1.807) is 6.08 Å². The molecule has 0 spiro atoms. The van der Waals surface area contributed by atoms with Crippen LogP contribution in [0.3, 0.4) is 0 Å². The molecule has 2 aromatic carbocycles. The lowest BCUT2D eigenvalue weighted by Crippen LogP contribution is -2.58. The number of amides is 2. The number of carbonyl (C=O) groups is 2. The number of hydrogen-bond acceptors (Lipinski definition) is 3. The number of carbonyl (C=O) groups excluding carboxylic acids is 2. The second kappa shape index (κ2) is 7.19. The molecule has 1 aliphatic carbocycles. The number of rotatable bonds is 4. The highest BCUT2D eigenvalue weighted by Crippen LogP contribution is 2.42. The zero-order valence-corrected chi connectivity index (χ0v) is 15.9. The molecule has 0 saturated carbocycles. The summed E-state index contributed by atoms with van der Waals surface area (Å²) in [7, 11) is 0. The number of hydrogen-bond donors (Lipinski definition) is 3. The minimum atomic E-state index is -4.44.